The number of hydrogen-bond acceptors (Lipinski definition) is 5. The number of carbonyl (C=O) groups is 1. The molecule has 0 saturated heterocycles. The van der Waals surface area contributed by atoms with Gasteiger partial charge < -0.3 is 5.32 Å². The molecule has 0 saturated carbocycles. The minimum atomic E-state index is -4.16. The molecule has 0 aliphatic rings. The van der Waals surface area contributed by atoms with Crippen molar-refractivity contribution in [1.29, 1.82) is 0 Å². The van der Waals surface area contributed by atoms with Gasteiger partial charge >= 0.3 is 16.1 Å². The van der Waals surface area contributed by atoms with Gasteiger partial charge in [0.1, 0.15) is 0 Å². The molecule has 0 aliphatic carbocycles. The van der Waals surface area contributed by atoms with Gasteiger partial charge in [-0.15, -0.1) is 0 Å². The molecule has 0 atom stereocenters. The zero-order valence-electron chi connectivity index (χ0n) is 16.5. The molecule has 8 heteroatoms. The largest absolute Gasteiger partial charge is 0.333 e. The van der Waals surface area contributed by atoms with Crippen molar-refractivity contribution in [2.24, 2.45) is 0 Å². The quantitative estimate of drug-likeness (QED) is 0.755. The van der Waals surface area contributed by atoms with Gasteiger partial charge in [-0.25, -0.2) is 19.5 Å². The second kappa shape index (κ2) is 8.04. The molecule has 2 N–H and O–H groups in total. The van der Waals surface area contributed by atoms with E-state index < -0.39 is 21.2 Å². The molecule has 0 bridgehead atoms. The molecule has 2 rings (SSSR count). The summed E-state index contributed by atoms with van der Waals surface area (Å²) < 4.78 is 26.8. The summed E-state index contributed by atoms with van der Waals surface area (Å²) in [5, 5.41) is 2.29. The first-order chi connectivity index (χ1) is 12.5. The van der Waals surface area contributed by atoms with Gasteiger partial charge in [-0.1, -0.05) is 45.4 Å². The highest BCUT2D eigenvalue weighted by molar-refractivity contribution is 7.89. The average molecular weight is 391 g/mol. The van der Waals surface area contributed by atoms with Gasteiger partial charge in [0.25, 0.3) is 5.16 Å². The van der Waals surface area contributed by atoms with Crippen LogP contribution in [0.2, 0.25) is 0 Å². The number of carbonyl (C=O) groups excluding carboxylic acids is 1. The van der Waals surface area contributed by atoms with E-state index in [4.69, 9.17) is 0 Å². The molecule has 0 aliphatic heterocycles. The van der Waals surface area contributed by atoms with Crippen LogP contribution in [0, 0.1) is 13.8 Å². The summed E-state index contributed by atoms with van der Waals surface area (Å²) in [6.45, 7) is 11.8. The van der Waals surface area contributed by atoms with Crippen LogP contribution >= 0.6 is 0 Å². The Hall–Kier alpha value is -2.48. The predicted octanol–water partition coefficient (Wildman–Crippen LogP) is 3.85. The fourth-order valence-corrected chi connectivity index (χ4v) is 3.61. The van der Waals surface area contributed by atoms with Gasteiger partial charge in [-0.3, -0.25) is 0 Å². The molecule has 2 amide bonds. The van der Waals surface area contributed by atoms with Crippen molar-refractivity contribution in [3.63, 3.8) is 0 Å². The number of aromatic nitrogens is 2. The van der Waals surface area contributed by atoms with Crippen LogP contribution in [0.4, 0.5) is 10.5 Å². The second-order valence-electron chi connectivity index (χ2n) is 7.17. The van der Waals surface area contributed by atoms with E-state index in [9.17, 15) is 13.2 Å². The zero-order valence-corrected chi connectivity index (χ0v) is 17.3. The van der Waals surface area contributed by atoms with Gasteiger partial charge in [0, 0.05) is 17.6 Å². The van der Waals surface area contributed by atoms with Crippen LogP contribution in [-0.4, -0.2) is 24.4 Å². The van der Waals surface area contributed by atoms with Crippen LogP contribution in [-0.2, 0) is 10.0 Å². The summed E-state index contributed by atoms with van der Waals surface area (Å²) in [5.74, 6) is 0.323. The first kappa shape index (κ1) is 20.8. The lowest BCUT2D eigenvalue weighted by Gasteiger charge is -2.21. The minimum absolute atomic E-state index is 0.161. The van der Waals surface area contributed by atoms with Crippen molar-refractivity contribution in [3.05, 3.63) is 46.8 Å². The van der Waals surface area contributed by atoms with Crippen LogP contribution in [0.3, 0.4) is 0 Å². The van der Waals surface area contributed by atoms with Crippen LogP contribution in [0.5, 0.6) is 0 Å². The van der Waals surface area contributed by atoms with E-state index in [2.05, 4.69) is 15.3 Å². The fraction of sp³-hybridized carbons (Fsp3) is 0.421. The number of anilines is 1. The van der Waals surface area contributed by atoms with Crippen LogP contribution in [0.1, 0.15) is 61.9 Å². The number of hydrogen-bond donors (Lipinski definition) is 2. The zero-order chi connectivity index (χ0) is 20.4. The third-order valence-electron chi connectivity index (χ3n) is 4.07. The lowest BCUT2D eigenvalue weighted by atomic mass is 9.90. The predicted molar refractivity (Wildman–Crippen MR) is 105 cm³/mol. The molecule has 0 radical (unpaired) electrons. The van der Waals surface area contributed by atoms with Crippen molar-refractivity contribution >= 4 is 21.7 Å². The molecule has 7 nitrogen and oxygen atoms in total. The molecule has 2 aromatic rings. The maximum atomic E-state index is 12.5. The van der Waals surface area contributed by atoms with Crippen molar-refractivity contribution in [2.45, 2.75) is 58.5 Å². The van der Waals surface area contributed by atoms with E-state index in [0.717, 1.165) is 16.7 Å². The number of nitrogens with one attached hydrogen (secondary N) is 2. The van der Waals surface area contributed by atoms with E-state index >= 15 is 0 Å². The normalized spacial score (nSPS) is 11.7. The molecule has 0 fully saturated rings. The highest BCUT2D eigenvalue weighted by atomic mass is 32.2. The average Bonchev–Trinajstić information content (AvgIpc) is 2.55. The second-order valence-corrected chi connectivity index (χ2v) is 8.74. The number of amides is 2. The van der Waals surface area contributed by atoms with Crippen LogP contribution < -0.4 is 10.0 Å². The van der Waals surface area contributed by atoms with E-state index in [1.807, 2.05) is 51.5 Å². The third-order valence-corrected chi connectivity index (χ3v) is 5.20. The highest BCUT2D eigenvalue weighted by Crippen LogP contribution is 2.33. The summed E-state index contributed by atoms with van der Waals surface area (Å²) in [4.78, 5) is 20.1. The van der Waals surface area contributed by atoms with Crippen LogP contribution in [0.25, 0.3) is 0 Å². The molecule has 1 heterocycles. The summed E-state index contributed by atoms with van der Waals surface area (Å²) in [6, 6.07) is 4.75. The maximum Gasteiger partial charge on any atom is 0.333 e. The topological polar surface area (TPSA) is 101 Å². The summed E-state index contributed by atoms with van der Waals surface area (Å²) >= 11 is 0. The van der Waals surface area contributed by atoms with Gasteiger partial charge in [-0.05, 0) is 42.9 Å². The highest BCUT2D eigenvalue weighted by Gasteiger charge is 2.23. The van der Waals surface area contributed by atoms with E-state index in [0.29, 0.717) is 11.4 Å². The SMILES string of the molecule is Cc1cc(C(C)C)c(NC(=O)NS(=O)(=O)c2nccc(C)n2)c(C(C)C)c1. The summed E-state index contributed by atoms with van der Waals surface area (Å²) in [7, 11) is -4.16. The van der Waals surface area contributed by atoms with Gasteiger partial charge in [-0.2, -0.15) is 8.42 Å². The Balaban J connectivity index is 2.35. The number of aryl methyl sites for hydroxylation is 2. The van der Waals surface area contributed by atoms with Crippen molar-refractivity contribution < 1.29 is 13.2 Å². The number of nitrogens with zero attached hydrogens (tertiary/aromatic N) is 2. The summed E-state index contributed by atoms with van der Waals surface area (Å²) in [6.07, 6.45) is 1.34. The fourth-order valence-electron chi connectivity index (χ4n) is 2.76. The minimum Gasteiger partial charge on any atom is -0.307 e. The Morgan fingerprint density at radius 3 is 2.07 bits per heavy atom. The Morgan fingerprint density at radius 2 is 1.59 bits per heavy atom. The Bertz CT molecular complexity index is 924. The first-order valence-corrected chi connectivity index (χ1v) is 10.3. The lowest BCUT2D eigenvalue weighted by Crippen LogP contribution is -2.36. The summed E-state index contributed by atoms with van der Waals surface area (Å²) in [5.41, 5.74) is 4.14. The molecule has 0 unspecified atom stereocenters. The smallest absolute Gasteiger partial charge is 0.307 e. The maximum absolute atomic E-state index is 12.5. The van der Waals surface area contributed by atoms with Crippen LogP contribution in [0.15, 0.2) is 29.6 Å². The standard InChI is InChI=1S/C19H26N4O3S/c1-11(2)15-9-13(5)10-16(12(3)4)17(15)22-18(24)23-27(25,26)19-20-8-7-14(6)21-19/h7-12H,1-6H3,(H2,22,23,24). The number of rotatable bonds is 5. The van der Waals surface area contributed by atoms with E-state index in [-0.39, 0.29) is 11.8 Å². The van der Waals surface area contributed by atoms with Gasteiger partial charge in [0.15, 0.2) is 0 Å². The molecular formula is C19H26N4O3S. The number of sulfonamides is 1. The third kappa shape index (κ3) is 5.03. The van der Waals surface area contributed by atoms with Gasteiger partial charge in [0.2, 0.25) is 0 Å². The van der Waals surface area contributed by atoms with E-state index in [1.54, 1.807) is 13.0 Å². The van der Waals surface area contributed by atoms with Gasteiger partial charge in [0.05, 0.1) is 0 Å². The van der Waals surface area contributed by atoms with Crippen molar-refractivity contribution in [2.75, 3.05) is 5.32 Å². The monoisotopic (exact) mass is 390 g/mol. The van der Waals surface area contributed by atoms with E-state index in [1.165, 1.54) is 6.20 Å². The molecule has 0 spiro atoms. The lowest BCUT2D eigenvalue weighted by molar-refractivity contribution is 0.256. The molecule has 27 heavy (non-hydrogen) atoms. The first-order valence-electron chi connectivity index (χ1n) is 8.79. The number of urea groups is 1. The Morgan fingerprint density at radius 1 is 1.04 bits per heavy atom. The molecule has 146 valence electrons. The Kier molecular flexibility index (Phi) is 6.20. The molecular weight excluding hydrogens is 364 g/mol. The molecule has 1 aromatic carbocycles. The van der Waals surface area contributed by atoms with Crippen molar-refractivity contribution in [1.82, 2.24) is 14.7 Å². The Labute approximate surface area is 160 Å². The molecule has 1 aromatic heterocycles. The number of benzene rings is 1. The van der Waals surface area contributed by atoms with Crippen molar-refractivity contribution in [3.8, 4) is 0 Å².